The molecular formula is C21H12BrCl2N3O2S. The molecule has 0 aliphatic rings. The molecule has 1 amide bonds. The normalized spacial score (nSPS) is 10.8. The number of halogens is 3. The van der Waals surface area contributed by atoms with Crippen molar-refractivity contribution in [2.24, 2.45) is 0 Å². The van der Waals surface area contributed by atoms with Gasteiger partial charge in [-0.1, -0.05) is 35.3 Å². The molecule has 0 radical (unpaired) electrons. The molecule has 1 heterocycles. The second-order valence-electron chi connectivity index (χ2n) is 6.22. The molecule has 30 heavy (non-hydrogen) atoms. The summed E-state index contributed by atoms with van der Waals surface area (Å²) in [7, 11) is 0. The van der Waals surface area contributed by atoms with Gasteiger partial charge in [0.05, 0.1) is 15.6 Å². The Morgan fingerprint density at radius 1 is 1.03 bits per heavy atom. The van der Waals surface area contributed by atoms with Gasteiger partial charge >= 0.3 is 0 Å². The van der Waals surface area contributed by atoms with Crippen molar-refractivity contribution in [3.05, 3.63) is 80.7 Å². The first-order valence-corrected chi connectivity index (χ1v) is 10.6. The molecule has 4 aromatic rings. The van der Waals surface area contributed by atoms with E-state index in [1.165, 1.54) is 6.07 Å². The van der Waals surface area contributed by atoms with E-state index in [-0.39, 0.29) is 5.11 Å². The number of benzene rings is 3. The highest BCUT2D eigenvalue weighted by atomic mass is 79.9. The number of amides is 1. The number of aromatic nitrogens is 1. The van der Waals surface area contributed by atoms with Crippen molar-refractivity contribution in [3.8, 4) is 11.5 Å². The molecule has 0 spiro atoms. The smallest absolute Gasteiger partial charge is 0.257 e. The molecule has 1 aromatic heterocycles. The van der Waals surface area contributed by atoms with E-state index in [0.717, 1.165) is 10.0 Å². The minimum atomic E-state index is -0.398. The van der Waals surface area contributed by atoms with Crippen molar-refractivity contribution in [1.82, 2.24) is 10.3 Å². The lowest BCUT2D eigenvalue weighted by atomic mass is 10.2. The minimum Gasteiger partial charge on any atom is -0.436 e. The number of hydrogen-bond donors (Lipinski definition) is 2. The molecule has 3 aromatic carbocycles. The molecular weight excluding hydrogens is 509 g/mol. The Bertz CT molecular complexity index is 1290. The van der Waals surface area contributed by atoms with Crippen molar-refractivity contribution >= 4 is 79.2 Å². The van der Waals surface area contributed by atoms with Crippen molar-refractivity contribution in [2.75, 3.05) is 5.32 Å². The van der Waals surface area contributed by atoms with E-state index in [0.29, 0.717) is 38.3 Å². The molecule has 4 rings (SSSR count). The van der Waals surface area contributed by atoms with Crippen molar-refractivity contribution in [3.63, 3.8) is 0 Å². The van der Waals surface area contributed by atoms with Crippen LogP contribution >= 0.6 is 51.3 Å². The molecule has 0 saturated heterocycles. The number of nitrogens with one attached hydrogen (secondary N) is 2. The van der Waals surface area contributed by atoms with Gasteiger partial charge in [0.1, 0.15) is 5.52 Å². The maximum Gasteiger partial charge on any atom is 0.257 e. The van der Waals surface area contributed by atoms with Crippen LogP contribution in [0.2, 0.25) is 10.0 Å². The van der Waals surface area contributed by atoms with Crippen LogP contribution in [0.4, 0.5) is 5.69 Å². The van der Waals surface area contributed by atoms with E-state index in [4.69, 9.17) is 39.8 Å². The maximum absolute atomic E-state index is 12.3. The van der Waals surface area contributed by atoms with Crippen LogP contribution in [0, 0.1) is 0 Å². The summed E-state index contributed by atoms with van der Waals surface area (Å²) < 4.78 is 6.73. The van der Waals surface area contributed by atoms with E-state index < -0.39 is 5.91 Å². The Kier molecular flexibility index (Phi) is 6.06. The highest BCUT2D eigenvalue weighted by molar-refractivity contribution is 9.10. The second kappa shape index (κ2) is 8.73. The zero-order chi connectivity index (χ0) is 21.3. The summed E-state index contributed by atoms with van der Waals surface area (Å²) in [5, 5.41) is 6.38. The van der Waals surface area contributed by atoms with Crippen molar-refractivity contribution in [2.45, 2.75) is 0 Å². The van der Waals surface area contributed by atoms with Crippen molar-refractivity contribution in [1.29, 1.82) is 0 Å². The number of hydrogen-bond acceptors (Lipinski definition) is 4. The maximum atomic E-state index is 12.3. The lowest BCUT2D eigenvalue weighted by molar-refractivity contribution is 0.0977. The summed E-state index contributed by atoms with van der Waals surface area (Å²) in [5.41, 5.74) is 3.15. The summed E-state index contributed by atoms with van der Waals surface area (Å²) in [6, 6.07) is 17.6. The highest BCUT2D eigenvalue weighted by Crippen LogP contribution is 2.31. The Morgan fingerprint density at radius 3 is 2.60 bits per heavy atom. The quantitative estimate of drug-likeness (QED) is 0.294. The van der Waals surface area contributed by atoms with Crippen LogP contribution in [0.15, 0.2) is 69.6 Å². The predicted octanol–water partition coefficient (Wildman–Crippen LogP) is 6.69. The fourth-order valence-electron chi connectivity index (χ4n) is 2.73. The molecule has 150 valence electrons. The van der Waals surface area contributed by atoms with Crippen LogP contribution < -0.4 is 10.6 Å². The third-order valence-corrected chi connectivity index (χ3v) is 5.79. The number of fused-ring (bicyclic) bond motifs is 1. The summed E-state index contributed by atoms with van der Waals surface area (Å²) in [4.78, 5) is 16.9. The SMILES string of the molecule is O=C(NC(=S)Nc1ccc2oc(-c3ccccc3Br)nc2c1)c1ccc(Cl)c(Cl)c1. The van der Waals surface area contributed by atoms with Gasteiger partial charge in [-0.25, -0.2) is 4.98 Å². The van der Waals surface area contributed by atoms with Crippen LogP contribution in [0.5, 0.6) is 0 Å². The van der Waals surface area contributed by atoms with Crippen LogP contribution in [0.25, 0.3) is 22.6 Å². The predicted molar refractivity (Wildman–Crippen MR) is 127 cm³/mol. The van der Waals surface area contributed by atoms with Crippen molar-refractivity contribution < 1.29 is 9.21 Å². The van der Waals surface area contributed by atoms with Gasteiger partial charge in [0.2, 0.25) is 5.89 Å². The summed E-state index contributed by atoms with van der Waals surface area (Å²) in [5.74, 6) is 0.106. The average Bonchev–Trinajstić information content (AvgIpc) is 3.13. The largest absolute Gasteiger partial charge is 0.436 e. The standard InChI is InChI=1S/C21H12BrCl2N3O2S/c22-14-4-2-1-3-13(14)20-26-17-10-12(6-8-18(17)29-20)25-21(30)27-19(28)11-5-7-15(23)16(24)9-11/h1-10H,(H2,25,27,28,30). The molecule has 0 aliphatic heterocycles. The van der Waals surface area contributed by atoms with Gasteiger partial charge in [-0.05, 0) is 76.7 Å². The van der Waals surface area contributed by atoms with Crippen LogP contribution in [0.3, 0.4) is 0 Å². The van der Waals surface area contributed by atoms with E-state index >= 15 is 0 Å². The van der Waals surface area contributed by atoms with E-state index in [1.807, 2.05) is 24.3 Å². The summed E-state index contributed by atoms with van der Waals surface area (Å²) >= 11 is 20.6. The van der Waals surface area contributed by atoms with E-state index in [1.54, 1.807) is 30.3 Å². The second-order valence-corrected chi connectivity index (χ2v) is 8.30. The minimum absolute atomic E-state index is 0.139. The number of carbonyl (C=O) groups excluding carboxylic acids is 1. The summed E-state index contributed by atoms with van der Waals surface area (Å²) in [6.07, 6.45) is 0. The van der Waals surface area contributed by atoms with Crippen LogP contribution in [-0.4, -0.2) is 16.0 Å². The van der Waals surface area contributed by atoms with Gasteiger partial charge in [-0.15, -0.1) is 0 Å². The zero-order valence-corrected chi connectivity index (χ0v) is 19.0. The van der Waals surface area contributed by atoms with Gasteiger partial charge in [0.15, 0.2) is 10.7 Å². The third kappa shape index (κ3) is 4.49. The van der Waals surface area contributed by atoms with Gasteiger partial charge < -0.3 is 9.73 Å². The molecule has 0 atom stereocenters. The molecule has 0 unspecified atom stereocenters. The van der Waals surface area contributed by atoms with Gasteiger partial charge in [0.25, 0.3) is 5.91 Å². The fourth-order valence-corrected chi connectivity index (χ4v) is 3.69. The molecule has 0 aliphatic carbocycles. The first-order valence-electron chi connectivity index (χ1n) is 8.63. The number of anilines is 1. The number of oxazole rings is 1. The van der Waals surface area contributed by atoms with Crippen LogP contribution in [-0.2, 0) is 0 Å². The topological polar surface area (TPSA) is 67.2 Å². The van der Waals surface area contributed by atoms with Gasteiger partial charge in [0, 0.05) is 15.7 Å². The van der Waals surface area contributed by atoms with Gasteiger partial charge in [-0.3, -0.25) is 10.1 Å². The first kappa shape index (κ1) is 20.8. The fraction of sp³-hybridized carbons (Fsp3) is 0. The molecule has 9 heteroatoms. The van der Waals surface area contributed by atoms with Crippen LogP contribution in [0.1, 0.15) is 10.4 Å². The lowest BCUT2D eigenvalue weighted by Gasteiger charge is -2.10. The molecule has 2 N–H and O–H groups in total. The summed E-state index contributed by atoms with van der Waals surface area (Å²) in [6.45, 7) is 0. The third-order valence-electron chi connectivity index (χ3n) is 4.16. The molecule has 0 fully saturated rings. The number of rotatable bonds is 3. The molecule has 0 bridgehead atoms. The Morgan fingerprint density at radius 2 is 1.83 bits per heavy atom. The Balaban J connectivity index is 1.49. The first-order chi connectivity index (χ1) is 14.4. The van der Waals surface area contributed by atoms with E-state index in [9.17, 15) is 4.79 Å². The Labute approximate surface area is 195 Å². The lowest BCUT2D eigenvalue weighted by Crippen LogP contribution is -2.34. The molecule has 5 nitrogen and oxygen atoms in total. The number of thiocarbonyl (C=S) groups is 1. The Hall–Kier alpha value is -2.45. The molecule has 0 saturated carbocycles. The monoisotopic (exact) mass is 519 g/mol. The number of nitrogens with zero attached hydrogens (tertiary/aromatic N) is 1. The van der Waals surface area contributed by atoms with E-state index in [2.05, 4.69) is 31.5 Å². The average molecular weight is 521 g/mol. The number of carbonyl (C=O) groups is 1. The highest BCUT2D eigenvalue weighted by Gasteiger charge is 2.13. The van der Waals surface area contributed by atoms with Gasteiger partial charge in [-0.2, -0.15) is 0 Å². The zero-order valence-electron chi connectivity index (χ0n) is 15.1.